The van der Waals surface area contributed by atoms with Crippen LogP contribution in [0.2, 0.25) is 0 Å². The molecule has 7 heteroatoms. The van der Waals surface area contributed by atoms with E-state index in [0.717, 1.165) is 33.9 Å². The summed E-state index contributed by atoms with van der Waals surface area (Å²) in [5, 5.41) is 20.2. The van der Waals surface area contributed by atoms with Crippen LogP contribution in [0.4, 0.5) is 11.5 Å². The van der Waals surface area contributed by atoms with Gasteiger partial charge in [0.25, 0.3) is 0 Å². The van der Waals surface area contributed by atoms with Gasteiger partial charge < -0.3 is 15.2 Å². The highest BCUT2D eigenvalue weighted by molar-refractivity contribution is 7.10. The van der Waals surface area contributed by atoms with E-state index >= 15 is 0 Å². The molecule has 6 nitrogen and oxygen atoms in total. The zero-order valence-corrected chi connectivity index (χ0v) is 19.5. The molecule has 164 valence electrons. The summed E-state index contributed by atoms with van der Waals surface area (Å²) in [5.41, 5.74) is 6.71. The summed E-state index contributed by atoms with van der Waals surface area (Å²) < 4.78 is 7.09. The molecule has 0 atom stereocenters. The Labute approximate surface area is 191 Å². The number of thiophene rings is 1. The Morgan fingerprint density at radius 1 is 1.12 bits per heavy atom. The molecule has 4 aromatic rings. The molecule has 0 aliphatic heterocycles. The second-order valence-corrected chi connectivity index (χ2v) is 8.76. The third kappa shape index (κ3) is 3.76. The van der Waals surface area contributed by atoms with Crippen molar-refractivity contribution < 1.29 is 14.6 Å². The average molecular weight is 448 g/mol. The number of nitrogens with zero attached hydrogens (tertiary/aromatic N) is 2. The minimum absolute atomic E-state index is 0.128. The van der Waals surface area contributed by atoms with Gasteiger partial charge in [0, 0.05) is 16.0 Å². The first kappa shape index (κ1) is 21.6. The highest BCUT2D eigenvalue weighted by Crippen LogP contribution is 2.40. The van der Waals surface area contributed by atoms with Gasteiger partial charge in [-0.1, -0.05) is 18.2 Å². The minimum Gasteiger partial charge on any atom is -0.497 e. The van der Waals surface area contributed by atoms with Gasteiger partial charge in [-0.2, -0.15) is 5.10 Å². The van der Waals surface area contributed by atoms with Crippen molar-refractivity contribution in [2.24, 2.45) is 0 Å². The van der Waals surface area contributed by atoms with Crippen molar-refractivity contribution in [2.75, 3.05) is 12.4 Å². The van der Waals surface area contributed by atoms with E-state index in [2.05, 4.69) is 24.5 Å². The fourth-order valence-electron chi connectivity index (χ4n) is 3.76. The van der Waals surface area contributed by atoms with E-state index < -0.39 is 5.97 Å². The van der Waals surface area contributed by atoms with Gasteiger partial charge >= 0.3 is 5.97 Å². The molecule has 0 aliphatic carbocycles. The van der Waals surface area contributed by atoms with Crippen molar-refractivity contribution >= 4 is 28.8 Å². The Morgan fingerprint density at radius 3 is 2.50 bits per heavy atom. The Kier molecular flexibility index (Phi) is 5.76. The van der Waals surface area contributed by atoms with Crippen LogP contribution in [0.15, 0.2) is 47.8 Å². The number of aromatic nitrogens is 2. The number of rotatable bonds is 6. The number of carboxylic acids is 1. The number of nitrogens with one attached hydrogen (secondary N) is 1. The van der Waals surface area contributed by atoms with Crippen LogP contribution in [-0.4, -0.2) is 28.0 Å². The predicted octanol–water partition coefficient (Wildman–Crippen LogP) is 6.28. The molecule has 0 radical (unpaired) electrons. The van der Waals surface area contributed by atoms with Gasteiger partial charge in [0.1, 0.15) is 11.6 Å². The summed E-state index contributed by atoms with van der Waals surface area (Å²) in [4.78, 5) is 13.2. The lowest BCUT2D eigenvalue weighted by molar-refractivity contribution is 0.0697. The molecule has 32 heavy (non-hydrogen) atoms. The molecule has 0 spiro atoms. The number of anilines is 2. The van der Waals surface area contributed by atoms with E-state index in [1.807, 2.05) is 42.8 Å². The molecule has 0 fully saturated rings. The van der Waals surface area contributed by atoms with Gasteiger partial charge in [-0.15, -0.1) is 11.3 Å². The minimum atomic E-state index is -1.03. The Hall–Kier alpha value is -3.58. The van der Waals surface area contributed by atoms with Gasteiger partial charge in [-0.25, -0.2) is 9.48 Å². The summed E-state index contributed by atoms with van der Waals surface area (Å²) in [6, 6.07) is 13.0. The molecule has 0 unspecified atom stereocenters. The van der Waals surface area contributed by atoms with E-state index in [-0.39, 0.29) is 5.56 Å². The molecule has 4 rings (SSSR count). The van der Waals surface area contributed by atoms with Gasteiger partial charge in [0.05, 0.1) is 29.7 Å². The number of carboxylic acid groups (broad SMARTS) is 1. The number of hydrogen-bond acceptors (Lipinski definition) is 5. The van der Waals surface area contributed by atoms with Crippen LogP contribution in [0.5, 0.6) is 5.75 Å². The maximum Gasteiger partial charge on any atom is 0.337 e. The quantitative estimate of drug-likeness (QED) is 0.363. The number of aryl methyl sites for hydroxylation is 3. The van der Waals surface area contributed by atoms with Crippen molar-refractivity contribution in [3.8, 4) is 22.6 Å². The van der Waals surface area contributed by atoms with Gasteiger partial charge in [0.2, 0.25) is 0 Å². The summed E-state index contributed by atoms with van der Waals surface area (Å²) in [7, 11) is 1.52. The van der Waals surface area contributed by atoms with Crippen molar-refractivity contribution in [3.05, 3.63) is 75.1 Å². The van der Waals surface area contributed by atoms with Crippen LogP contribution in [-0.2, 0) is 0 Å². The molecule has 0 saturated carbocycles. The first-order valence-corrected chi connectivity index (χ1v) is 11.1. The van der Waals surface area contributed by atoms with E-state index in [1.54, 1.807) is 23.5 Å². The first-order chi connectivity index (χ1) is 15.3. The van der Waals surface area contributed by atoms with E-state index in [9.17, 15) is 9.90 Å². The van der Waals surface area contributed by atoms with Crippen LogP contribution in [0.25, 0.3) is 16.8 Å². The lowest BCUT2D eigenvalue weighted by Crippen LogP contribution is -2.08. The molecule has 0 aliphatic rings. The summed E-state index contributed by atoms with van der Waals surface area (Å²) in [5.74, 6) is 0.181. The van der Waals surface area contributed by atoms with Crippen LogP contribution >= 0.6 is 11.3 Å². The van der Waals surface area contributed by atoms with Gasteiger partial charge in [-0.05, 0) is 68.5 Å². The van der Waals surface area contributed by atoms with Crippen LogP contribution in [0.1, 0.15) is 32.1 Å². The van der Waals surface area contributed by atoms with Gasteiger partial charge in [-0.3, -0.25) is 0 Å². The number of ether oxygens (including phenoxy) is 1. The van der Waals surface area contributed by atoms with Crippen molar-refractivity contribution in [1.82, 2.24) is 9.78 Å². The molecular formula is C25H25N3O3S. The summed E-state index contributed by atoms with van der Waals surface area (Å²) >= 11 is 1.70. The Balaban J connectivity index is 1.97. The summed E-state index contributed by atoms with van der Waals surface area (Å²) in [6.45, 7) is 8.22. The molecule has 0 saturated heterocycles. The van der Waals surface area contributed by atoms with Crippen molar-refractivity contribution in [3.63, 3.8) is 0 Å². The Morgan fingerprint density at radius 2 is 1.88 bits per heavy atom. The fraction of sp³-hybridized carbons (Fsp3) is 0.200. The third-order valence-corrected chi connectivity index (χ3v) is 6.68. The molecule has 2 aromatic heterocycles. The predicted molar refractivity (Wildman–Crippen MR) is 129 cm³/mol. The second-order valence-electron chi connectivity index (χ2n) is 7.68. The lowest BCUT2D eigenvalue weighted by Gasteiger charge is -2.16. The second kappa shape index (κ2) is 8.51. The van der Waals surface area contributed by atoms with Crippen LogP contribution in [0.3, 0.4) is 0 Å². The highest BCUT2D eigenvalue weighted by atomic mass is 32.1. The third-order valence-electron chi connectivity index (χ3n) is 5.67. The molecule has 2 N–H and O–H groups in total. The number of methoxy groups -OCH3 is 1. The maximum atomic E-state index is 12.0. The fourth-order valence-corrected chi connectivity index (χ4v) is 4.64. The number of carbonyl (C=O) groups is 1. The first-order valence-electron chi connectivity index (χ1n) is 10.2. The number of hydrogen-bond donors (Lipinski definition) is 2. The SMILES string of the molecule is COc1ccc(Nc2c(-c3csc(C)c3C)c(C)nn2-c2ccccc2C)c(C(=O)O)c1. The van der Waals surface area contributed by atoms with Crippen molar-refractivity contribution in [1.29, 1.82) is 0 Å². The largest absolute Gasteiger partial charge is 0.497 e. The number of aromatic carboxylic acids is 1. The topological polar surface area (TPSA) is 76.4 Å². The normalized spacial score (nSPS) is 10.9. The standard InChI is InChI=1S/C25H25N3O3S/c1-14-8-6-7-9-22(14)28-24(23(16(3)27-28)20-13-32-17(4)15(20)2)26-21-11-10-18(31-5)12-19(21)25(29)30/h6-13,26H,1-5H3,(H,29,30). The van der Waals surface area contributed by atoms with Crippen LogP contribution < -0.4 is 10.1 Å². The number of para-hydroxylation sites is 1. The highest BCUT2D eigenvalue weighted by Gasteiger charge is 2.23. The molecular weight excluding hydrogens is 422 g/mol. The zero-order chi connectivity index (χ0) is 23.0. The van der Waals surface area contributed by atoms with E-state index in [0.29, 0.717) is 11.4 Å². The molecule has 0 bridgehead atoms. The average Bonchev–Trinajstić information content (AvgIpc) is 3.26. The maximum absolute atomic E-state index is 12.0. The molecule has 2 aromatic carbocycles. The lowest BCUT2D eigenvalue weighted by atomic mass is 10.0. The van der Waals surface area contributed by atoms with Crippen molar-refractivity contribution in [2.45, 2.75) is 27.7 Å². The molecule has 2 heterocycles. The zero-order valence-electron chi connectivity index (χ0n) is 18.7. The smallest absolute Gasteiger partial charge is 0.337 e. The van der Waals surface area contributed by atoms with E-state index in [4.69, 9.17) is 9.84 Å². The molecule has 0 amide bonds. The summed E-state index contributed by atoms with van der Waals surface area (Å²) in [6.07, 6.45) is 0. The Bertz CT molecular complexity index is 1320. The van der Waals surface area contributed by atoms with E-state index in [1.165, 1.54) is 23.6 Å². The monoisotopic (exact) mass is 447 g/mol. The van der Waals surface area contributed by atoms with Gasteiger partial charge in [0.15, 0.2) is 0 Å². The number of benzene rings is 2. The van der Waals surface area contributed by atoms with Crippen LogP contribution in [0, 0.1) is 27.7 Å².